The molecule has 1 N–H and O–H groups in total. The normalized spacial score (nSPS) is 15.8. The van der Waals surface area contributed by atoms with Crippen LogP contribution in [0.1, 0.15) is 49.3 Å². The average molecular weight is 501 g/mol. The Morgan fingerprint density at radius 1 is 1.16 bits per heavy atom. The minimum Gasteiger partial charge on any atom is -0.378 e. The van der Waals surface area contributed by atoms with E-state index in [1.165, 1.54) is 0 Å². The smallest absolute Gasteiger partial charge is 0.275 e. The van der Waals surface area contributed by atoms with Gasteiger partial charge in [-0.15, -0.1) is 5.10 Å². The highest BCUT2D eigenvalue weighted by Gasteiger charge is 2.26. The third kappa shape index (κ3) is 4.79. The Balaban J connectivity index is 1.29. The fourth-order valence-corrected chi connectivity index (χ4v) is 4.39. The number of aromatic nitrogens is 8. The SMILES string of the molecule is CC(C)n1nnnc1-c1cccc(NC(=O)c2cc(-c3cnn(C4CC4)c3)c(N3CCOCC3)cn2)n1. The van der Waals surface area contributed by atoms with Crippen LogP contribution in [0.15, 0.2) is 42.9 Å². The van der Waals surface area contributed by atoms with Crippen molar-refractivity contribution in [3.05, 3.63) is 48.5 Å². The van der Waals surface area contributed by atoms with E-state index < -0.39 is 0 Å². The molecule has 4 aromatic heterocycles. The predicted octanol–water partition coefficient (Wildman–Crippen LogP) is 3.00. The third-order valence-electron chi connectivity index (χ3n) is 6.50. The van der Waals surface area contributed by atoms with Gasteiger partial charge in [-0.05, 0) is 55.3 Å². The number of pyridine rings is 2. The van der Waals surface area contributed by atoms with Crippen molar-refractivity contribution in [1.82, 2.24) is 40.0 Å². The molecule has 12 nitrogen and oxygen atoms in total. The van der Waals surface area contributed by atoms with Gasteiger partial charge in [-0.3, -0.25) is 9.48 Å². The van der Waals surface area contributed by atoms with Crippen molar-refractivity contribution in [2.75, 3.05) is 36.5 Å². The number of rotatable bonds is 7. The first-order valence-corrected chi connectivity index (χ1v) is 12.5. The number of amides is 1. The highest BCUT2D eigenvalue weighted by molar-refractivity contribution is 6.03. The molecule has 1 saturated heterocycles. The number of morpholine rings is 1. The standard InChI is InChI=1S/C25H28N10O2/c1-16(2)35-24(30-31-32-35)20-4-3-5-23(28-20)29-25(36)21-12-19(17-13-27-34(15-17)18-6-7-18)22(14-26-21)33-8-10-37-11-9-33/h3-5,12-16,18H,6-11H2,1-2H3,(H,28,29,36). The first-order chi connectivity index (χ1) is 18.1. The van der Waals surface area contributed by atoms with E-state index in [1.54, 1.807) is 16.9 Å². The Hall–Kier alpha value is -4.19. The Bertz CT molecular complexity index is 1420. The van der Waals surface area contributed by atoms with Gasteiger partial charge in [-0.1, -0.05) is 6.07 Å². The average Bonchev–Trinajstić information content (AvgIpc) is 3.44. The van der Waals surface area contributed by atoms with Gasteiger partial charge in [0.1, 0.15) is 17.2 Å². The summed E-state index contributed by atoms with van der Waals surface area (Å²) < 4.78 is 9.23. The molecule has 0 bridgehead atoms. The van der Waals surface area contributed by atoms with E-state index in [2.05, 4.69) is 47.0 Å². The lowest BCUT2D eigenvalue weighted by atomic mass is 10.1. The van der Waals surface area contributed by atoms with Crippen LogP contribution in [0.2, 0.25) is 0 Å². The van der Waals surface area contributed by atoms with Crippen LogP contribution in [0.4, 0.5) is 11.5 Å². The van der Waals surface area contributed by atoms with Crippen molar-refractivity contribution in [2.24, 2.45) is 0 Å². The van der Waals surface area contributed by atoms with Gasteiger partial charge in [0, 0.05) is 30.4 Å². The molecular formula is C25H28N10O2. The van der Waals surface area contributed by atoms with Crippen LogP contribution in [0, 0.1) is 0 Å². The largest absolute Gasteiger partial charge is 0.378 e. The molecule has 6 rings (SSSR count). The maximum atomic E-state index is 13.3. The van der Waals surface area contributed by atoms with Crippen LogP contribution in [0.3, 0.4) is 0 Å². The van der Waals surface area contributed by atoms with Gasteiger partial charge in [0.15, 0.2) is 0 Å². The summed E-state index contributed by atoms with van der Waals surface area (Å²) in [5.41, 5.74) is 3.72. The molecule has 0 aromatic carbocycles. The number of carbonyl (C=O) groups excluding carboxylic acids is 1. The molecule has 2 fully saturated rings. The lowest BCUT2D eigenvalue weighted by Gasteiger charge is -2.30. The molecule has 12 heteroatoms. The second kappa shape index (κ2) is 9.69. The monoisotopic (exact) mass is 500 g/mol. The number of ether oxygens (including phenoxy) is 1. The molecule has 4 aromatic rings. The van der Waals surface area contributed by atoms with Crippen molar-refractivity contribution in [2.45, 2.75) is 38.8 Å². The van der Waals surface area contributed by atoms with E-state index in [0.29, 0.717) is 42.3 Å². The van der Waals surface area contributed by atoms with Crippen LogP contribution in [-0.4, -0.2) is 72.2 Å². The van der Waals surface area contributed by atoms with Crippen LogP contribution < -0.4 is 10.2 Å². The van der Waals surface area contributed by atoms with Crippen LogP contribution >= 0.6 is 0 Å². The second-order valence-electron chi connectivity index (χ2n) is 9.53. The Labute approximate surface area is 213 Å². The highest BCUT2D eigenvalue weighted by Crippen LogP contribution is 2.37. The molecular weight excluding hydrogens is 472 g/mol. The first-order valence-electron chi connectivity index (χ1n) is 12.5. The Morgan fingerprint density at radius 2 is 2.00 bits per heavy atom. The van der Waals surface area contributed by atoms with E-state index in [0.717, 1.165) is 42.7 Å². The van der Waals surface area contributed by atoms with Gasteiger partial charge in [-0.25, -0.2) is 14.6 Å². The molecule has 37 heavy (non-hydrogen) atoms. The fraction of sp³-hybridized carbons (Fsp3) is 0.400. The lowest BCUT2D eigenvalue weighted by molar-refractivity contribution is 0.102. The summed E-state index contributed by atoms with van der Waals surface area (Å²) in [6, 6.07) is 7.72. The summed E-state index contributed by atoms with van der Waals surface area (Å²) in [7, 11) is 0. The van der Waals surface area contributed by atoms with E-state index in [1.807, 2.05) is 42.9 Å². The van der Waals surface area contributed by atoms with Crippen molar-refractivity contribution < 1.29 is 9.53 Å². The molecule has 0 unspecified atom stereocenters. The van der Waals surface area contributed by atoms with Crippen molar-refractivity contribution in [3.8, 4) is 22.6 Å². The highest BCUT2D eigenvalue weighted by atomic mass is 16.5. The predicted molar refractivity (Wildman–Crippen MR) is 136 cm³/mol. The number of nitrogens with zero attached hydrogens (tertiary/aromatic N) is 9. The number of anilines is 2. The van der Waals surface area contributed by atoms with E-state index >= 15 is 0 Å². The number of tetrazole rings is 1. The fourth-order valence-electron chi connectivity index (χ4n) is 4.39. The van der Waals surface area contributed by atoms with Gasteiger partial charge in [0.05, 0.1) is 43.4 Å². The van der Waals surface area contributed by atoms with Crippen molar-refractivity contribution in [3.63, 3.8) is 0 Å². The zero-order valence-corrected chi connectivity index (χ0v) is 20.8. The molecule has 190 valence electrons. The molecule has 0 atom stereocenters. The van der Waals surface area contributed by atoms with Crippen LogP contribution in [0.25, 0.3) is 22.6 Å². The molecule has 1 amide bonds. The number of hydrogen-bond acceptors (Lipinski definition) is 9. The lowest BCUT2D eigenvalue weighted by Crippen LogP contribution is -2.36. The number of nitrogens with one attached hydrogen (secondary N) is 1. The van der Waals surface area contributed by atoms with Gasteiger partial charge in [0.2, 0.25) is 5.82 Å². The van der Waals surface area contributed by atoms with Crippen molar-refractivity contribution in [1.29, 1.82) is 0 Å². The second-order valence-corrected chi connectivity index (χ2v) is 9.53. The Kier molecular flexibility index (Phi) is 6.08. The summed E-state index contributed by atoms with van der Waals surface area (Å²) in [6.07, 6.45) is 7.99. The van der Waals surface area contributed by atoms with Gasteiger partial charge in [0.25, 0.3) is 5.91 Å². The number of hydrogen-bond donors (Lipinski definition) is 1. The molecule has 1 aliphatic carbocycles. The van der Waals surface area contributed by atoms with Crippen LogP contribution in [-0.2, 0) is 4.74 Å². The summed E-state index contributed by atoms with van der Waals surface area (Å²) in [5, 5.41) is 19.3. The molecule has 1 saturated carbocycles. The minimum atomic E-state index is -0.350. The summed E-state index contributed by atoms with van der Waals surface area (Å²) in [4.78, 5) is 24.6. The third-order valence-corrected chi connectivity index (χ3v) is 6.50. The van der Waals surface area contributed by atoms with Gasteiger partial charge in [-0.2, -0.15) is 5.10 Å². The summed E-state index contributed by atoms with van der Waals surface area (Å²) in [5.74, 6) is 0.578. The Morgan fingerprint density at radius 3 is 2.78 bits per heavy atom. The van der Waals surface area contributed by atoms with E-state index in [9.17, 15) is 4.79 Å². The number of carbonyl (C=O) groups is 1. The van der Waals surface area contributed by atoms with Gasteiger partial charge >= 0.3 is 0 Å². The van der Waals surface area contributed by atoms with Gasteiger partial charge < -0.3 is 15.0 Å². The molecule has 1 aliphatic heterocycles. The zero-order valence-electron chi connectivity index (χ0n) is 20.8. The summed E-state index contributed by atoms with van der Waals surface area (Å²) in [6.45, 7) is 6.83. The molecule has 2 aliphatic rings. The minimum absolute atomic E-state index is 0.0712. The quantitative estimate of drug-likeness (QED) is 0.407. The zero-order chi connectivity index (χ0) is 25.4. The maximum absolute atomic E-state index is 13.3. The molecule has 0 spiro atoms. The summed E-state index contributed by atoms with van der Waals surface area (Å²) >= 11 is 0. The van der Waals surface area contributed by atoms with Crippen LogP contribution in [0.5, 0.6) is 0 Å². The van der Waals surface area contributed by atoms with E-state index in [4.69, 9.17) is 4.74 Å². The first kappa shape index (κ1) is 23.2. The molecule has 0 radical (unpaired) electrons. The maximum Gasteiger partial charge on any atom is 0.275 e. The van der Waals surface area contributed by atoms with Crippen molar-refractivity contribution >= 4 is 17.4 Å². The topological polar surface area (TPSA) is 129 Å². The van der Waals surface area contributed by atoms with E-state index in [-0.39, 0.29) is 11.9 Å². The molecule has 5 heterocycles.